The second kappa shape index (κ2) is 10.4. The maximum absolute atomic E-state index is 12.4. The lowest BCUT2D eigenvalue weighted by atomic mass is 10.1. The zero-order valence-corrected chi connectivity index (χ0v) is 18.7. The minimum absolute atomic E-state index is 0.0423. The molecule has 0 radical (unpaired) electrons. The zero-order chi connectivity index (χ0) is 22.3. The van der Waals surface area contributed by atoms with E-state index in [9.17, 15) is 13.2 Å². The Labute approximate surface area is 178 Å². The van der Waals surface area contributed by atoms with Crippen LogP contribution < -0.4 is 9.47 Å². The van der Waals surface area contributed by atoms with E-state index in [0.29, 0.717) is 24.6 Å². The molecule has 0 heterocycles. The second-order valence-corrected chi connectivity index (χ2v) is 9.03. The summed E-state index contributed by atoms with van der Waals surface area (Å²) in [6.07, 6.45) is 0. The summed E-state index contributed by atoms with van der Waals surface area (Å²) in [5, 5.41) is 0. The SMILES string of the molecule is COC(=O)CN(Cc1cc(OC)cc(OC)c1)Cc1cccc(S(=O)(=O)N(C)C)c1. The minimum atomic E-state index is -3.55. The van der Waals surface area contributed by atoms with Gasteiger partial charge in [-0.3, -0.25) is 9.69 Å². The molecule has 0 saturated carbocycles. The van der Waals surface area contributed by atoms with E-state index in [1.165, 1.54) is 25.5 Å². The third-order valence-electron chi connectivity index (χ3n) is 4.48. The van der Waals surface area contributed by atoms with Crippen LogP contribution in [0.3, 0.4) is 0 Å². The molecule has 0 aliphatic rings. The van der Waals surface area contributed by atoms with Crippen LogP contribution in [0.4, 0.5) is 0 Å². The van der Waals surface area contributed by atoms with Gasteiger partial charge in [-0.05, 0) is 35.4 Å². The molecule has 0 N–H and O–H groups in total. The molecule has 30 heavy (non-hydrogen) atoms. The van der Waals surface area contributed by atoms with Crippen LogP contribution in [0.1, 0.15) is 11.1 Å². The number of hydrogen-bond acceptors (Lipinski definition) is 7. The number of methoxy groups -OCH3 is 3. The Hall–Kier alpha value is -2.62. The highest BCUT2D eigenvalue weighted by molar-refractivity contribution is 7.89. The first-order valence-electron chi connectivity index (χ1n) is 9.22. The molecule has 9 heteroatoms. The third-order valence-corrected chi connectivity index (χ3v) is 6.29. The number of hydrogen-bond donors (Lipinski definition) is 0. The van der Waals surface area contributed by atoms with E-state index in [1.807, 2.05) is 23.1 Å². The number of nitrogens with zero attached hydrogens (tertiary/aromatic N) is 2. The van der Waals surface area contributed by atoms with E-state index < -0.39 is 10.0 Å². The molecule has 0 atom stereocenters. The molecular weight excluding hydrogens is 408 g/mol. The zero-order valence-electron chi connectivity index (χ0n) is 17.9. The lowest BCUT2D eigenvalue weighted by Gasteiger charge is -2.22. The van der Waals surface area contributed by atoms with Crippen molar-refractivity contribution >= 4 is 16.0 Å². The number of ether oxygens (including phenoxy) is 3. The normalized spacial score (nSPS) is 11.6. The number of sulfonamides is 1. The molecule has 0 unspecified atom stereocenters. The molecule has 8 nitrogen and oxygen atoms in total. The lowest BCUT2D eigenvalue weighted by molar-refractivity contribution is -0.142. The van der Waals surface area contributed by atoms with E-state index >= 15 is 0 Å². The first-order valence-corrected chi connectivity index (χ1v) is 10.7. The number of carbonyl (C=O) groups is 1. The molecule has 0 amide bonds. The van der Waals surface area contributed by atoms with Gasteiger partial charge in [-0.2, -0.15) is 0 Å². The Morgan fingerprint density at radius 3 is 2.03 bits per heavy atom. The van der Waals surface area contributed by atoms with E-state index in [4.69, 9.17) is 14.2 Å². The van der Waals surface area contributed by atoms with Crippen molar-refractivity contribution in [2.45, 2.75) is 18.0 Å². The monoisotopic (exact) mass is 436 g/mol. The highest BCUT2D eigenvalue weighted by Crippen LogP contribution is 2.24. The van der Waals surface area contributed by atoms with Crippen LogP contribution >= 0.6 is 0 Å². The first kappa shape index (κ1) is 23.7. The van der Waals surface area contributed by atoms with Crippen LogP contribution in [0, 0.1) is 0 Å². The van der Waals surface area contributed by atoms with Crippen molar-refractivity contribution in [2.24, 2.45) is 0 Å². The molecule has 2 aromatic rings. The Kier molecular flexibility index (Phi) is 8.22. The summed E-state index contributed by atoms with van der Waals surface area (Å²) in [4.78, 5) is 14.0. The van der Waals surface area contributed by atoms with Gasteiger partial charge in [0.1, 0.15) is 11.5 Å². The number of carbonyl (C=O) groups excluding carboxylic acids is 1. The van der Waals surface area contributed by atoms with Gasteiger partial charge in [0.25, 0.3) is 0 Å². The van der Waals surface area contributed by atoms with E-state index in [2.05, 4.69) is 0 Å². The predicted molar refractivity (Wildman–Crippen MR) is 113 cm³/mol. The van der Waals surface area contributed by atoms with E-state index in [0.717, 1.165) is 11.1 Å². The number of benzene rings is 2. The summed E-state index contributed by atoms with van der Waals surface area (Å²) in [7, 11) is 3.90. The summed E-state index contributed by atoms with van der Waals surface area (Å²) in [5.74, 6) is 0.893. The van der Waals surface area contributed by atoms with Crippen molar-refractivity contribution in [1.82, 2.24) is 9.21 Å². The van der Waals surface area contributed by atoms with E-state index in [-0.39, 0.29) is 17.4 Å². The van der Waals surface area contributed by atoms with Crippen LogP contribution in [0.15, 0.2) is 47.4 Å². The van der Waals surface area contributed by atoms with Gasteiger partial charge in [-0.15, -0.1) is 0 Å². The molecule has 0 saturated heterocycles. The lowest BCUT2D eigenvalue weighted by Crippen LogP contribution is -2.30. The second-order valence-electron chi connectivity index (χ2n) is 6.88. The van der Waals surface area contributed by atoms with Gasteiger partial charge in [-0.25, -0.2) is 12.7 Å². The van der Waals surface area contributed by atoms with Gasteiger partial charge in [0, 0.05) is 33.3 Å². The first-order chi connectivity index (χ1) is 14.2. The maximum atomic E-state index is 12.4. The Bertz CT molecular complexity index is 953. The van der Waals surface area contributed by atoms with Gasteiger partial charge in [0.05, 0.1) is 32.8 Å². The standard InChI is InChI=1S/C21H28N2O6S/c1-22(2)30(25,26)20-8-6-7-16(11-20)13-23(15-21(24)29-5)14-17-9-18(27-3)12-19(10-17)28-4/h6-12H,13-15H2,1-5H3. The van der Waals surface area contributed by atoms with Crippen LogP contribution in [-0.2, 0) is 32.6 Å². The summed E-state index contributed by atoms with van der Waals surface area (Å²) < 4.78 is 41.5. The third kappa shape index (κ3) is 6.19. The fourth-order valence-electron chi connectivity index (χ4n) is 2.90. The molecule has 2 rings (SSSR count). The van der Waals surface area contributed by atoms with Crippen LogP contribution in [0.5, 0.6) is 11.5 Å². The van der Waals surface area contributed by atoms with Crippen LogP contribution in [0.25, 0.3) is 0 Å². The quantitative estimate of drug-likeness (QED) is 0.528. The molecule has 2 aromatic carbocycles. The fourth-order valence-corrected chi connectivity index (χ4v) is 3.88. The topological polar surface area (TPSA) is 85.4 Å². The van der Waals surface area contributed by atoms with Crippen molar-refractivity contribution < 1.29 is 27.4 Å². The molecule has 0 aromatic heterocycles. The van der Waals surface area contributed by atoms with Crippen molar-refractivity contribution in [3.05, 3.63) is 53.6 Å². The Morgan fingerprint density at radius 1 is 0.900 bits per heavy atom. The van der Waals surface area contributed by atoms with Crippen molar-refractivity contribution in [2.75, 3.05) is 42.0 Å². The predicted octanol–water partition coefficient (Wildman–Crippen LogP) is 2.13. The number of rotatable bonds is 10. The van der Waals surface area contributed by atoms with Crippen molar-refractivity contribution in [3.63, 3.8) is 0 Å². The fraction of sp³-hybridized carbons (Fsp3) is 0.381. The van der Waals surface area contributed by atoms with Gasteiger partial charge in [-0.1, -0.05) is 12.1 Å². The maximum Gasteiger partial charge on any atom is 0.319 e. The number of esters is 1. The molecule has 0 spiro atoms. The summed E-state index contributed by atoms with van der Waals surface area (Å²) in [6, 6.07) is 12.2. The average molecular weight is 437 g/mol. The average Bonchev–Trinajstić information content (AvgIpc) is 2.73. The Morgan fingerprint density at radius 2 is 1.50 bits per heavy atom. The smallest absolute Gasteiger partial charge is 0.319 e. The molecular formula is C21H28N2O6S. The molecule has 164 valence electrons. The highest BCUT2D eigenvalue weighted by Gasteiger charge is 2.19. The largest absolute Gasteiger partial charge is 0.497 e. The van der Waals surface area contributed by atoms with E-state index in [1.54, 1.807) is 38.5 Å². The van der Waals surface area contributed by atoms with Crippen molar-refractivity contribution in [3.8, 4) is 11.5 Å². The molecule has 0 bridgehead atoms. The molecule has 0 fully saturated rings. The summed E-state index contributed by atoms with van der Waals surface area (Å²) in [6.45, 7) is 0.805. The molecule has 0 aliphatic carbocycles. The van der Waals surface area contributed by atoms with Crippen LogP contribution in [-0.4, -0.2) is 65.6 Å². The van der Waals surface area contributed by atoms with Crippen molar-refractivity contribution in [1.29, 1.82) is 0 Å². The highest BCUT2D eigenvalue weighted by atomic mass is 32.2. The summed E-state index contributed by atoms with van der Waals surface area (Å²) >= 11 is 0. The molecule has 0 aliphatic heterocycles. The van der Waals surface area contributed by atoms with Gasteiger partial charge >= 0.3 is 5.97 Å². The Balaban J connectivity index is 2.32. The van der Waals surface area contributed by atoms with Gasteiger partial charge in [0.15, 0.2) is 0 Å². The summed E-state index contributed by atoms with van der Waals surface area (Å²) in [5.41, 5.74) is 1.64. The van der Waals surface area contributed by atoms with Gasteiger partial charge < -0.3 is 14.2 Å². The minimum Gasteiger partial charge on any atom is -0.497 e. The van der Waals surface area contributed by atoms with Crippen LogP contribution in [0.2, 0.25) is 0 Å². The van der Waals surface area contributed by atoms with Gasteiger partial charge in [0.2, 0.25) is 10.0 Å².